The molecule has 1 fully saturated rings. The average Bonchev–Trinajstić information content (AvgIpc) is 2.67. The van der Waals surface area contributed by atoms with Gasteiger partial charge in [0, 0.05) is 18.5 Å². The Kier molecular flexibility index (Phi) is 5.78. The van der Waals surface area contributed by atoms with E-state index >= 15 is 0 Å². The van der Waals surface area contributed by atoms with E-state index in [0.717, 1.165) is 28.9 Å². The van der Waals surface area contributed by atoms with Crippen molar-refractivity contribution in [2.75, 3.05) is 13.7 Å². The van der Waals surface area contributed by atoms with Crippen molar-refractivity contribution in [3.05, 3.63) is 70.3 Å². The molecule has 0 saturated heterocycles. The van der Waals surface area contributed by atoms with Crippen LogP contribution in [0, 0.1) is 32.6 Å². The second-order valence-corrected chi connectivity index (χ2v) is 11.3. The molecule has 4 rings (SSSR count). The SMILES string of the molecule is COc1ccc([C@H]2CC3=C[C@H](C(C)C)N(S(=O)(=O)c4c(C)cc(C)cc4C)C[C@@H]32)cc1. The Morgan fingerprint density at radius 3 is 2.16 bits per heavy atom. The first-order chi connectivity index (χ1) is 14.6. The zero-order chi connectivity index (χ0) is 22.5. The molecule has 2 aromatic rings. The average molecular weight is 440 g/mol. The lowest BCUT2D eigenvalue weighted by molar-refractivity contribution is 0.203. The first kappa shape index (κ1) is 22.1. The minimum absolute atomic E-state index is 0.104. The number of rotatable bonds is 5. The van der Waals surface area contributed by atoms with Gasteiger partial charge < -0.3 is 4.74 Å². The van der Waals surface area contributed by atoms with Gasteiger partial charge in [0.15, 0.2) is 0 Å². The van der Waals surface area contributed by atoms with Crippen molar-refractivity contribution in [1.29, 1.82) is 0 Å². The molecule has 0 spiro atoms. The first-order valence-corrected chi connectivity index (χ1v) is 12.5. The molecule has 0 unspecified atom stereocenters. The van der Waals surface area contributed by atoms with E-state index in [1.165, 1.54) is 11.1 Å². The van der Waals surface area contributed by atoms with Crippen LogP contribution in [0.15, 0.2) is 52.9 Å². The number of fused-ring (bicyclic) bond motifs is 1. The Hall–Kier alpha value is -2.11. The fourth-order valence-corrected chi connectivity index (χ4v) is 7.52. The number of hydrogen-bond donors (Lipinski definition) is 0. The van der Waals surface area contributed by atoms with Gasteiger partial charge in [-0.1, -0.05) is 55.3 Å². The van der Waals surface area contributed by atoms with E-state index in [1.807, 2.05) is 45.0 Å². The molecule has 2 aliphatic rings. The van der Waals surface area contributed by atoms with Crippen LogP contribution >= 0.6 is 0 Å². The third-order valence-corrected chi connectivity index (χ3v) is 9.08. The predicted octanol–water partition coefficient (Wildman–Crippen LogP) is 5.38. The molecule has 1 saturated carbocycles. The Labute approximate surface area is 187 Å². The van der Waals surface area contributed by atoms with Crippen molar-refractivity contribution in [2.24, 2.45) is 11.8 Å². The number of benzene rings is 2. The zero-order valence-electron chi connectivity index (χ0n) is 19.3. The number of nitrogens with zero attached hydrogens (tertiary/aromatic N) is 1. The molecule has 1 aliphatic heterocycles. The highest BCUT2D eigenvalue weighted by atomic mass is 32.2. The van der Waals surface area contributed by atoms with Crippen LogP contribution < -0.4 is 4.74 Å². The van der Waals surface area contributed by atoms with E-state index in [1.54, 1.807) is 11.4 Å². The molecule has 0 bridgehead atoms. The van der Waals surface area contributed by atoms with Gasteiger partial charge in [0.25, 0.3) is 0 Å². The molecule has 0 radical (unpaired) electrons. The van der Waals surface area contributed by atoms with Crippen LogP contribution in [0.4, 0.5) is 0 Å². The molecule has 1 heterocycles. The van der Waals surface area contributed by atoms with Crippen molar-refractivity contribution in [3.8, 4) is 5.75 Å². The third kappa shape index (κ3) is 3.83. The lowest BCUT2D eigenvalue weighted by Crippen LogP contribution is -2.52. The fraction of sp³-hybridized carbons (Fsp3) is 0.462. The third-order valence-electron chi connectivity index (χ3n) is 6.91. The van der Waals surface area contributed by atoms with Crippen molar-refractivity contribution >= 4 is 10.0 Å². The van der Waals surface area contributed by atoms with E-state index < -0.39 is 10.0 Å². The molecular weight excluding hydrogens is 406 g/mol. The minimum Gasteiger partial charge on any atom is -0.497 e. The summed E-state index contributed by atoms with van der Waals surface area (Å²) in [5, 5.41) is 0. The molecule has 1 aliphatic carbocycles. The normalized spacial score (nSPS) is 23.8. The van der Waals surface area contributed by atoms with E-state index in [2.05, 4.69) is 32.1 Å². The molecule has 0 aromatic heterocycles. The summed E-state index contributed by atoms with van der Waals surface area (Å²) in [7, 11) is -1.93. The summed E-state index contributed by atoms with van der Waals surface area (Å²) in [6.07, 6.45) is 3.24. The number of aryl methyl sites for hydroxylation is 3. The second-order valence-electron chi connectivity index (χ2n) is 9.47. The van der Waals surface area contributed by atoms with E-state index in [9.17, 15) is 8.42 Å². The van der Waals surface area contributed by atoms with Gasteiger partial charge in [-0.05, 0) is 67.9 Å². The van der Waals surface area contributed by atoms with E-state index in [4.69, 9.17) is 4.74 Å². The summed E-state index contributed by atoms with van der Waals surface area (Å²) in [5.41, 5.74) is 5.41. The summed E-state index contributed by atoms with van der Waals surface area (Å²) in [4.78, 5) is 0.473. The maximum Gasteiger partial charge on any atom is 0.244 e. The lowest BCUT2D eigenvalue weighted by atomic mass is 9.64. The van der Waals surface area contributed by atoms with Crippen molar-refractivity contribution in [2.45, 2.75) is 57.9 Å². The van der Waals surface area contributed by atoms with Crippen LogP contribution in [-0.4, -0.2) is 32.4 Å². The van der Waals surface area contributed by atoms with Crippen LogP contribution in [0.3, 0.4) is 0 Å². The molecule has 31 heavy (non-hydrogen) atoms. The van der Waals surface area contributed by atoms with Crippen molar-refractivity contribution < 1.29 is 13.2 Å². The number of ether oxygens (including phenoxy) is 1. The second kappa shape index (κ2) is 8.10. The highest BCUT2D eigenvalue weighted by Crippen LogP contribution is 2.51. The maximum atomic E-state index is 13.9. The summed E-state index contributed by atoms with van der Waals surface area (Å²) in [5.74, 6) is 1.65. The standard InChI is InChI=1S/C26H33NO3S/c1-16(2)25-14-21-13-23(20-7-9-22(30-6)10-8-20)24(21)15-27(25)31(28,29)26-18(4)11-17(3)12-19(26)5/h7-12,14,16,23-25H,13,15H2,1-6H3/t23-,24+,25-/m1/s1. The summed E-state index contributed by atoms with van der Waals surface area (Å²) < 4.78 is 34.9. The lowest BCUT2D eigenvalue weighted by Gasteiger charge is -2.49. The number of methoxy groups -OCH3 is 1. The number of sulfonamides is 1. The summed E-state index contributed by atoms with van der Waals surface area (Å²) >= 11 is 0. The summed E-state index contributed by atoms with van der Waals surface area (Å²) in [6.45, 7) is 10.6. The largest absolute Gasteiger partial charge is 0.497 e. The number of hydrogen-bond acceptors (Lipinski definition) is 3. The Balaban J connectivity index is 1.71. The molecule has 166 valence electrons. The molecule has 0 amide bonds. The smallest absolute Gasteiger partial charge is 0.244 e. The molecule has 4 nitrogen and oxygen atoms in total. The molecule has 0 N–H and O–H groups in total. The fourth-order valence-electron chi connectivity index (χ4n) is 5.38. The van der Waals surface area contributed by atoms with E-state index in [-0.39, 0.29) is 17.9 Å². The van der Waals surface area contributed by atoms with Crippen LogP contribution in [0.5, 0.6) is 5.75 Å². The predicted molar refractivity (Wildman–Crippen MR) is 125 cm³/mol. The minimum atomic E-state index is -3.60. The van der Waals surface area contributed by atoms with Crippen LogP contribution in [0.25, 0.3) is 0 Å². The quantitative estimate of drug-likeness (QED) is 0.588. The van der Waals surface area contributed by atoms with Gasteiger partial charge in [-0.15, -0.1) is 0 Å². The molecule has 5 heteroatoms. The van der Waals surface area contributed by atoms with Crippen LogP contribution in [0.1, 0.15) is 48.4 Å². The van der Waals surface area contributed by atoms with Gasteiger partial charge in [-0.25, -0.2) is 8.42 Å². The molecule has 2 aromatic carbocycles. The Bertz CT molecular complexity index is 1090. The van der Waals surface area contributed by atoms with Crippen LogP contribution in [-0.2, 0) is 10.0 Å². The van der Waals surface area contributed by atoms with E-state index in [0.29, 0.717) is 17.4 Å². The van der Waals surface area contributed by atoms with Gasteiger partial charge in [-0.3, -0.25) is 0 Å². The van der Waals surface area contributed by atoms with Crippen LogP contribution in [0.2, 0.25) is 0 Å². The highest BCUT2D eigenvalue weighted by Gasteiger charge is 2.46. The molecular formula is C26H33NO3S. The first-order valence-electron chi connectivity index (χ1n) is 11.1. The maximum absolute atomic E-state index is 13.9. The van der Waals surface area contributed by atoms with Gasteiger partial charge in [0.1, 0.15) is 5.75 Å². The highest BCUT2D eigenvalue weighted by molar-refractivity contribution is 7.89. The topological polar surface area (TPSA) is 46.6 Å². The molecule has 3 atom stereocenters. The van der Waals surface area contributed by atoms with Gasteiger partial charge in [-0.2, -0.15) is 4.31 Å². The Morgan fingerprint density at radius 1 is 1.00 bits per heavy atom. The van der Waals surface area contributed by atoms with Gasteiger partial charge in [0.2, 0.25) is 10.0 Å². The summed E-state index contributed by atoms with van der Waals surface area (Å²) in [6, 6.07) is 12.0. The van der Waals surface area contributed by atoms with Crippen molar-refractivity contribution in [1.82, 2.24) is 4.31 Å². The van der Waals surface area contributed by atoms with Gasteiger partial charge in [0.05, 0.1) is 12.0 Å². The van der Waals surface area contributed by atoms with Gasteiger partial charge >= 0.3 is 0 Å². The van der Waals surface area contributed by atoms with Crippen molar-refractivity contribution in [3.63, 3.8) is 0 Å². The Morgan fingerprint density at radius 2 is 1.61 bits per heavy atom. The zero-order valence-corrected chi connectivity index (χ0v) is 20.2. The monoisotopic (exact) mass is 439 g/mol.